The van der Waals surface area contributed by atoms with Crippen LogP contribution in [0.2, 0.25) is 10.0 Å². The van der Waals surface area contributed by atoms with Crippen molar-refractivity contribution in [2.24, 2.45) is 0 Å². The molecule has 0 saturated carbocycles. The van der Waals surface area contributed by atoms with E-state index in [1.165, 1.54) is 12.1 Å². The molecule has 0 atom stereocenters. The van der Waals surface area contributed by atoms with Gasteiger partial charge in [0.15, 0.2) is 11.5 Å². The van der Waals surface area contributed by atoms with Crippen molar-refractivity contribution in [3.05, 3.63) is 22.2 Å². The van der Waals surface area contributed by atoms with Crippen molar-refractivity contribution in [1.82, 2.24) is 0 Å². The molecule has 76 valence electrons. The van der Waals surface area contributed by atoms with Gasteiger partial charge in [-0.15, -0.1) is 0 Å². The van der Waals surface area contributed by atoms with Crippen LogP contribution in [0.1, 0.15) is 13.3 Å². The van der Waals surface area contributed by atoms with Gasteiger partial charge in [0.25, 0.3) is 0 Å². The van der Waals surface area contributed by atoms with Crippen LogP contribution >= 0.6 is 23.2 Å². The number of phenols is 1. The third-order valence-corrected chi connectivity index (χ3v) is 2.14. The highest BCUT2D eigenvalue weighted by Gasteiger charge is 2.14. The maximum atomic E-state index is 11.0. The molecule has 0 unspecified atom stereocenters. The summed E-state index contributed by atoms with van der Waals surface area (Å²) in [6.45, 7) is 1.64. The summed E-state index contributed by atoms with van der Waals surface area (Å²) in [6, 6.07) is 2.87. The number of aromatic hydroxyl groups is 1. The number of ether oxygens (including phenoxy) is 1. The zero-order valence-electron chi connectivity index (χ0n) is 7.38. The predicted molar refractivity (Wildman–Crippen MR) is 54.1 cm³/mol. The SMILES string of the molecule is CCC(=O)Oc1c(Cl)ccc(Cl)c1O. The van der Waals surface area contributed by atoms with Crippen molar-refractivity contribution in [2.45, 2.75) is 13.3 Å². The van der Waals surface area contributed by atoms with E-state index in [4.69, 9.17) is 27.9 Å². The second-order valence-electron chi connectivity index (χ2n) is 2.53. The maximum Gasteiger partial charge on any atom is 0.311 e. The Kier molecular flexibility index (Phi) is 3.61. The summed E-state index contributed by atoms with van der Waals surface area (Å²) in [7, 11) is 0. The summed E-state index contributed by atoms with van der Waals surface area (Å²) < 4.78 is 4.80. The maximum absolute atomic E-state index is 11.0. The van der Waals surface area contributed by atoms with Gasteiger partial charge in [0.05, 0.1) is 10.0 Å². The van der Waals surface area contributed by atoms with Crippen molar-refractivity contribution in [2.75, 3.05) is 0 Å². The van der Waals surface area contributed by atoms with Gasteiger partial charge in [0.2, 0.25) is 0 Å². The second-order valence-corrected chi connectivity index (χ2v) is 3.35. The van der Waals surface area contributed by atoms with Crippen LogP contribution in [0.3, 0.4) is 0 Å². The van der Waals surface area contributed by atoms with Crippen LogP contribution in [-0.2, 0) is 4.79 Å². The Hall–Kier alpha value is -0.930. The molecular formula is C9H8Cl2O3. The normalized spacial score (nSPS) is 9.93. The molecule has 0 fully saturated rings. The highest BCUT2D eigenvalue weighted by atomic mass is 35.5. The van der Waals surface area contributed by atoms with Crippen molar-refractivity contribution in [1.29, 1.82) is 0 Å². The van der Waals surface area contributed by atoms with Crippen LogP contribution in [0.15, 0.2) is 12.1 Å². The van der Waals surface area contributed by atoms with Crippen LogP contribution in [-0.4, -0.2) is 11.1 Å². The zero-order valence-corrected chi connectivity index (χ0v) is 8.89. The molecule has 0 saturated heterocycles. The first-order valence-corrected chi connectivity index (χ1v) is 4.69. The van der Waals surface area contributed by atoms with Crippen LogP contribution in [0, 0.1) is 0 Å². The van der Waals surface area contributed by atoms with Crippen LogP contribution in [0.4, 0.5) is 0 Å². The lowest BCUT2D eigenvalue weighted by Crippen LogP contribution is -2.06. The van der Waals surface area contributed by atoms with Crippen molar-refractivity contribution in [3.63, 3.8) is 0 Å². The quantitative estimate of drug-likeness (QED) is 0.633. The molecule has 3 nitrogen and oxygen atoms in total. The molecule has 0 bridgehead atoms. The Labute approximate surface area is 91.2 Å². The van der Waals surface area contributed by atoms with E-state index >= 15 is 0 Å². The molecule has 0 radical (unpaired) electrons. The minimum absolute atomic E-state index is 0.0910. The molecule has 0 aliphatic rings. The number of hydrogen-bond acceptors (Lipinski definition) is 3. The average Bonchev–Trinajstić information content (AvgIpc) is 2.18. The molecule has 0 amide bonds. The Morgan fingerprint density at radius 2 is 2.00 bits per heavy atom. The molecule has 1 aromatic rings. The van der Waals surface area contributed by atoms with Gasteiger partial charge in [-0.2, -0.15) is 0 Å². The van der Waals surface area contributed by atoms with Gasteiger partial charge in [0.1, 0.15) is 0 Å². The topological polar surface area (TPSA) is 46.5 Å². The number of rotatable bonds is 2. The van der Waals surface area contributed by atoms with Crippen molar-refractivity contribution >= 4 is 29.2 Å². The van der Waals surface area contributed by atoms with E-state index in [-0.39, 0.29) is 28.0 Å². The number of benzene rings is 1. The third-order valence-electron chi connectivity index (χ3n) is 1.54. The summed E-state index contributed by atoms with van der Waals surface area (Å²) in [5, 5.41) is 9.67. The number of halogens is 2. The molecule has 0 aliphatic heterocycles. The van der Waals surface area contributed by atoms with E-state index in [0.29, 0.717) is 0 Å². The van der Waals surface area contributed by atoms with Gasteiger partial charge in [-0.25, -0.2) is 0 Å². The minimum atomic E-state index is -0.482. The van der Waals surface area contributed by atoms with E-state index in [0.717, 1.165) is 0 Å². The first-order chi connectivity index (χ1) is 6.56. The molecule has 1 N–H and O–H groups in total. The first kappa shape index (κ1) is 11.1. The Balaban J connectivity index is 3.06. The summed E-state index contributed by atoms with van der Waals surface area (Å²) in [5.74, 6) is -0.892. The lowest BCUT2D eigenvalue weighted by atomic mass is 10.3. The number of carbonyl (C=O) groups excluding carboxylic acids is 1. The lowest BCUT2D eigenvalue weighted by Gasteiger charge is -2.07. The van der Waals surface area contributed by atoms with Gasteiger partial charge in [-0.3, -0.25) is 4.79 Å². The van der Waals surface area contributed by atoms with E-state index in [2.05, 4.69) is 0 Å². The van der Waals surface area contributed by atoms with Gasteiger partial charge in [-0.05, 0) is 12.1 Å². The molecule has 14 heavy (non-hydrogen) atoms. The largest absolute Gasteiger partial charge is 0.503 e. The van der Waals surface area contributed by atoms with Gasteiger partial charge in [-0.1, -0.05) is 30.1 Å². The highest BCUT2D eigenvalue weighted by Crippen LogP contribution is 2.39. The Morgan fingerprint density at radius 1 is 1.43 bits per heavy atom. The third kappa shape index (κ3) is 2.30. The van der Waals surface area contributed by atoms with E-state index in [1.807, 2.05) is 0 Å². The van der Waals surface area contributed by atoms with Crippen LogP contribution < -0.4 is 4.74 Å². The fraction of sp³-hybridized carbons (Fsp3) is 0.222. The smallest absolute Gasteiger partial charge is 0.311 e. The Morgan fingerprint density at radius 3 is 2.57 bits per heavy atom. The van der Waals surface area contributed by atoms with E-state index < -0.39 is 5.97 Å². The van der Waals surface area contributed by atoms with Crippen LogP contribution in [0.25, 0.3) is 0 Å². The van der Waals surface area contributed by atoms with Gasteiger partial charge in [0, 0.05) is 6.42 Å². The fourth-order valence-electron chi connectivity index (χ4n) is 0.806. The summed E-state index contributed by atoms with van der Waals surface area (Å²) >= 11 is 11.3. The minimum Gasteiger partial charge on any atom is -0.503 e. The van der Waals surface area contributed by atoms with E-state index in [1.54, 1.807) is 6.92 Å². The van der Waals surface area contributed by atoms with Crippen molar-refractivity contribution < 1.29 is 14.6 Å². The molecule has 0 aliphatic carbocycles. The average molecular weight is 235 g/mol. The van der Waals surface area contributed by atoms with Crippen molar-refractivity contribution in [3.8, 4) is 11.5 Å². The molecule has 1 rings (SSSR count). The molecule has 1 aromatic carbocycles. The molecule has 0 aromatic heterocycles. The fourth-order valence-corrected chi connectivity index (χ4v) is 1.15. The number of phenolic OH excluding ortho intramolecular Hbond substituents is 1. The van der Waals surface area contributed by atoms with Gasteiger partial charge < -0.3 is 9.84 Å². The zero-order chi connectivity index (χ0) is 10.7. The molecular weight excluding hydrogens is 227 g/mol. The summed E-state index contributed by atoms with van der Waals surface area (Å²) in [6.07, 6.45) is 0.197. The molecule has 0 spiro atoms. The summed E-state index contributed by atoms with van der Waals surface area (Å²) in [5.41, 5.74) is 0. The summed E-state index contributed by atoms with van der Waals surface area (Å²) in [4.78, 5) is 11.0. The van der Waals surface area contributed by atoms with Gasteiger partial charge >= 0.3 is 5.97 Å². The first-order valence-electron chi connectivity index (χ1n) is 3.94. The monoisotopic (exact) mass is 234 g/mol. The Bertz CT molecular complexity index is 363. The lowest BCUT2D eigenvalue weighted by molar-refractivity contribution is -0.134. The number of esters is 1. The predicted octanol–water partition coefficient (Wildman–Crippen LogP) is 3.01. The van der Waals surface area contributed by atoms with Crippen LogP contribution in [0.5, 0.6) is 11.5 Å². The number of hydrogen-bond donors (Lipinski definition) is 1. The standard InChI is InChI=1S/C9H8Cl2O3/c1-2-7(12)14-9-6(11)4-3-5(10)8(9)13/h3-4,13H,2H2,1H3. The number of carbonyl (C=O) groups is 1. The molecule has 5 heteroatoms. The van der Waals surface area contributed by atoms with E-state index in [9.17, 15) is 9.90 Å². The highest BCUT2D eigenvalue weighted by molar-refractivity contribution is 6.35. The second kappa shape index (κ2) is 4.53. The molecule has 0 heterocycles.